The van der Waals surface area contributed by atoms with Crippen LogP contribution in [0.3, 0.4) is 0 Å². The van der Waals surface area contributed by atoms with Gasteiger partial charge in [-0.2, -0.15) is 11.3 Å². The average molecular weight is 277 g/mol. The first-order chi connectivity index (χ1) is 9.26. The first kappa shape index (κ1) is 13.9. The third-order valence-corrected chi connectivity index (χ3v) is 3.88. The number of hydrogen-bond donors (Lipinski definition) is 1. The molecule has 0 amide bonds. The molecule has 1 aromatic heterocycles. The highest BCUT2D eigenvalue weighted by molar-refractivity contribution is 7.07. The smallest absolute Gasteiger partial charge is 0.122 e. The van der Waals surface area contributed by atoms with Crippen molar-refractivity contribution in [2.75, 3.05) is 21.3 Å². The Labute approximate surface area is 118 Å². The van der Waals surface area contributed by atoms with E-state index in [9.17, 15) is 0 Å². The minimum absolute atomic E-state index is 0.249. The van der Waals surface area contributed by atoms with Gasteiger partial charge < -0.3 is 14.8 Å². The van der Waals surface area contributed by atoms with Gasteiger partial charge in [0.2, 0.25) is 0 Å². The summed E-state index contributed by atoms with van der Waals surface area (Å²) in [4.78, 5) is 0. The fourth-order valence-corrected chi connectivity index (χ4v) is 2.74. The van der Waals surface area contributed by atoms with Crippen LogP contribution in [-0.2, 0) is 6.42 Å². The fraction of sp³-hybridized carbons (Fsp3) is 0.333. The van der Waals surface area contributed by atoms with E-state index < -0.39 is 0 Å². The SMILES string of the molecule is CNC(Cc1ccsc1)c1cc(OC)cc(OC)c1. The van der Waals surface area contributed by atoms with E-state index in [0.717, 1.165) is 17.9 Å². The van der Waals surface area contributed by atoms with Crippen molar-refractivity contribution in [1.82, 2.24) is 5.32 Å². The molecule has 0 aliphatic heterocycles. The van der Waals surface area contributed by atoms with Crippen molar-refractivity contribution >= 4 is 11.3 Å². The van der Waals surface area contributed by atoms with Crippen LogP contribution in [-0.4, -0.2) is 21.3 Å². The van der Waals surface area contributed by atoms with Gasteiger partial charge in [-0.3, -0.25) is 0 Å². The molecule has 1 aromatic carbocycles. The van der Waals surface area contributed by atoms with Gasteiger partial charge in [0.1, 0.15) is 11.5 Å². The molecule has 0 aliphatic carbocycles. The molecule has 1 atom stereocenters. The van der Waals surface area contributed by atoms with Crippen molar-refractivity contribution in [2.24, 2.45) is 0 Å². The van der Waals surface area contributed by atoms with Gasteiger partial charge in [0.05, 0.1) is 14.2 Å². The summed E-state index contributed by atoms with van der Waals surface area (Å²) in [5.74, 6) is 1.64. The van der Waals surface area contributed by atoms with Crippen molar-refractivity contribution < 1.29 is 9.47 Å². The summed E-state index contributed by atoms with van der Waals surface area (Å²) in [5, 5.41) is 7.64. The van der Waals surface area contributed by atoms with Crippen LogP contribution in [0.15, 0.2) is 35.0 Å². The molecule has 0 radical (unpaired) electrons. The molecule has 1 unspecified atom stereocenters. The maximum absolute atomic E-state index is 5.32. The summed E-state index contributed by atoms with van der Waals surface area (Å²) in [6.07, 6.45) is 0.955. The summed E-state index contributed by atoms with van der Waals surface area (Å²) in [7, 11) is 5.32. The van der Waals surface area contributed by atoms with E-state index >= 15 is 0 Å². The van der Waals surface area contributed by atoms with E-state index in [-0.39, 0.29) is 6.04 Å². The average Bonchev–Trinajstić information content (AvgIpc) is 2.97. The van der Waals surface area contributed by atoms with Gasteiger partial charge in [-0.05, 0) is 53.6 Å². The molecule has 0 saturated heterocycles. The molecular formula is C15H19NO2S. The zero-order valence-electron chi connectivity index (χ0n) is 11.5. The Balaban J connectivity index is 2.26. The lowest BCUT2D eigenvalue weighted by molar-refractivity contribution is 0.392. The van der Waals surface area contributed by atoms with Gasteiger partial charge in [0.25, 0.3) is 0 Å². The van der Waals surface area contributed by atoms with Crippen molar-refractivity contribution in [3.63, 3.8) is 0 Å². The zero-order chi connectivity index (χ0) is 13.7. The van der Waals surface area contributed by atoms with E-state index in [1.54, 1.807) is 25.6 Å². The number of rotatable bonds is 6. The molecule has 102 valence electrons. The molecule has 0 bridgehead atoms. The van der Waals surface area contributed by atoms with E-state index in [1.807, 2.05) is 13.1 Å². The molecule has 1 heterocycles. The van der Waals surface area contributed by atoms with Gasteiger partial charge in [0.15, 0.2) is 0 Å². The molecule has 2 rings (SSSR count). The van der Waals surface area contributed by atoms with Gasteiger partial charge in [-0.25, -0.2) is 0 Å². The second-order valence-electron chi connectivity index (χ2n) is 4.32. The monoisotopic (exact) mass is 277 g/mol. The Morgan fingerprint density at radius 3 is 2.32 bits per heavy atom. The number of methoxy groups -OCH3 is 2. The van der Waals surface area contributed by atoms with Crippen LogP contribution in [0, 0.1) is 0 Å². The Kier molecular flexibility index (Phi) is 4.82. The molecule has 1 N–H and O–H groups in total. The molecule has 2 aromatic rings. The van der Waals surface area contributed by atoms with Crippen molar-refractivity contribution in [2.45, 2.75) is 12.5 Å². The maximum atomic E-state index is 5.32. The quantitative estimate of drug-likeness (QED) is 0.879. The second kappa shape index (κ2) is 6.59. The molecule has 0 spiro atoms. The lowest BCUT2D eigenvalue weighted by atomic mass is 10.00. The van der Waals surface area contributed by atoms with E-state index in [1.165, 1.54) is 11.1 Å². The largest absolute Gasteiger partial charge is 0.497 e. The minimum Gasteiger partial charge on any atom is -0.497 e. The van der Waals surface area contributed by atoms with Crippen LogP contribution in [0.4, 0.5) is 0 Å². The second-order valence-corrected chi connectivity index (χ2v) is 5.10. The van der Waals surface area contributed by atoms with Crippen LogP contribution >= 0.6 is 11.3 Å². The summed E-state index contributed by atoms with van der Waals surface area (Å²) < 4.78 is 10.6. The van der Waals surface area contributed by atoms with Crippen LogP contribution in [0.2, 0.25) is 0 Å². The Morgan fingerprint density at radius 1 is 1.16 bits per heavy atom. The normalized spacial score (nSPS) is 12.2. The van der Waals surface area contributed by atoms with Crippen molar-refractivity contribution in [3.05, 3.63) is 46.2 Å². The summed E-state index contributed by atoms with van der Waals surface area (Å²) in [5.41, 5.74) is 2.51. The van der Waals surface area contributed by atoms with E-state index in [0.29, 0.717) is 0 Å². The van der Waals surface area contributed by atoms with Crippen molar-refractivity contribution in [3.8, 4) is 11.5 Å². The molecule has 4 heteroatoms. The Bertz CT molecular complexity index is 489. The number of hydrogen-bond acceptors (Lipinski definition) is 4. The van der Waals surface area contributed by atoms with E-state index in [4.69, 9.17) is 9.47 Å². The molecule has 0 fully saturated rings. The third-order valence-electron chi connectivity index (χ3n) is 3.14. The molecule has 0 saturated carbocycles. The first-order valence-corrected chi connectivity index (χ1v) is 7.12. The standard InChI is InChI=1S/C15H19NO2S/c1-16-15(6-11-4-5-19-10-11)12-7-13(17-2)9-14(8-12)18-3/h4-5,7-10,15-16H,6H2,1-3H3. The summed E-state index contributed by atoms with van der Waals surface area (Å²) in [6, 6.07) is 8.40. The number of likely N-dealkylation sites (N-methyl/N-ethyl adjacent to an activating group) is 1. The van der Waals surface area contributed by atoms with Crippen LogP contribution < -0.4 is 14.8 Å². The molecule has 3 nitrogen and oxygen atoms in total. The number of thiophene rings is 1. The van der Waals surface area contributed by atoms with Crippen LogP contribution in [0.5, 0.6) is 11.5 Å². The molecular weight excluding hydrogens is 258 g/mol. The highest BCUT2D eigenvalue weighted by Crippen LogP contribution is 2.28. The minimum atomic E-state index is 0.249. The lowest BCUT2D eigenvalue weighted by Crippen LogP contribution is -2.18. The van der Waals surface area contributed by atoms with Gasteiger partial charge >= 0.3 is 0 Å². The van der Waals surface area contributed by atoms with Gasteiger partial charge in [-0.1, -0.05) is 0 Å². The van der Waals surface area contributed by atoms with Gasteiger partial charge in [0, 0.05) is 12.1 Å². The highest BCUT2D eigenvalue weighted by atomic mass is 32.1. The predicted octanol–water partition coefficient (Wildman–Crippen LogP) is 3.27. The van der Waals surface area contributed by atoms with Gasteiger partial charge in [-0.15, -0.1) is 0 Å². The number of nitrogens with one attached hydrogen (secondary N) is 1. The Hall–Kier alpha value is -1.52. The lowest BCUT2D eigenvalue weighted by Gasteiger charge is -2.18. The van der Waals surface area contributed by atoms with E-state index in [2.05, 4.69) is 34.3 Å². The summed E-state index contributed by atoms with van der Waals surface area (Å²) >= 11 is 1.73. The molecule has 19 heavy (non-hydrogen) atoms. The fourth-order valence-electron chi connectivity index (χ4n) is 2.06. The third kappa shape index (κ3) is 3.49. The topological polar surface area (TPSA) is 30.5 Å². The first-order valence-electron chi connectivity index (χ1n) is 6.18. The maximum Gasteiger partial charge on any atom is 0.122 e. The Morgan fingerprint density at radius 2 is 1.84 bits per heavy atom. The summed E-state index contributed by atoms with van der Waals surface area (Å²) in [6.45, 7) is 0. The molecule has 0 aliphatic rings. The zero-order valence-corrected chi connectivity index (χ0v) is 12.3. The predicted molar refractivity (Wildman–Crippen MR) is 79.4 cm³/mol. The highest BCUT2D eigenvalue weighted by Gasteiger charge is 2.13. The van der Waals surface area contributed by atoms with Crippen LogP contribution in [0.25, 0.3) is 0 Å². The number of ether oxygens (including phenoxy) is 2. The van der Waals surface area contributed by atoms with Crippen LogP contribution in [0.1, 0.15) is 17.2 Å². The number of benzene rings is 1. The van der Waals surface area contributed by atoms with Crippen molar-refractivity contribution in [1.29, 1.82) is 0 Å².